The van der Waals surface area contributed by atoms with Crippen LogP contribution in [0.3, 0.4) is 0 Å². The Bertz CT molecular complexity index is 813. The number of benzene rings is 2. The second-order valence-corrected chi connectivity index (χ2v) is 7.02. The van der Waals surface area contributed by atoms with Crippen molar-refractivity contribution in [3.63, 3.8) is 0 Å². The highest BCUT2D eigenvalue weighted by molar-refractivity contribution is 5.67. The molecule has 0 saturated carbocycles. The van der Waals surface area contributed by atoms with Gasteiger partial charge in [-0.05, 0) is 36.6 Å². The molecule has 2 heteroatoms. The number of rotatable bonds is 4. The summed E-state index contributed by atoms with van der Waals surface area (Å²) >= 11 is 0. The molecule has 2 aromatic carbocycles. The number of nitrogens with two attached hydrogens (primary N) is 1. The van der Waals surface area contributed by atoms with Gasteiger partial charge in [0.2, 0.25) is 0 Å². The molecular formula is C27H36N2. The molecule has 0 radical (unpaired) electrons. The van der Waals surface area contributed by atoms with E-state index >= 15 is 0 Å². The zero-order valence-corrected chi connectivity index (χ0v) is 18.4. The van der Waals surface area contributed by atoms with Gasteiger partial charge in [-0.25, -0.2) is 0 Å². The van der Waals surface area contributed by atoms with Gasteiger partial charge < -0.3 is 11.1 Å². The molecule has 0 amide bonds. The SMILES string of the molecule is C=C/C=C\C(N)c1ccccc1C.CC1=CC=C(c2ccccc2)NC1.CCC. The third-order valence-electron chi connectivity index (χ3n) is 4.18. The molecule has 0 bridgehead atoms. The Morgan fingerprint density at radius 1 is 1.00 bits per heavy atom. The van der Waals surface area contributed by atoms with Crippen molar-refractivity contribution in [1.82, 2.24) is 5.32 Å². The summed E-state index contributed by atoms with van der Waals surface area (Å²) in [4.78, 5) is 0. The van der Waals surface area contributed by atoms with Gasteiger partial charge in [0.05, 0.1) is 0 Å². The Kier molecular flexibility index (Phi) is 11.8. The van der Waals surface area contributed by atoms with E-state index in [1.807, 2.05) is 36.4 Å². The molecule has 154 valence electrons. The van der Waals surface area contributed by atoms with Crippen LogP contribution < -0.4 is 11.1 Å². The monoisotopic (exact) mass is 388 g/mol. The fourth-order valence-electron chi connectivity index (χ4n) is 2.66. The first-order valence-corrected chi connectivity index (χ1v) is 10.3. The van der Waals surface area contributed by atoms with Crippen LogP contribution in [0.4, 0.5) is 0 Å². The molecule has 0 aliphatic carbocycles. The van der Waals surface area contributed by atoms with E-state index in [1.165, 1.54) is 34.4 Å². The number of hydrogen-bond acceptors (Lipinski definition) is 2. The van der Waals surface area contributed by atoms with E-state index in [9.17, 15) is 0 Å². The van der Waals surface area contributed by atoms with Gasteiger partial charge in [-0.15, -0.1) is 0 Å². The topological polar surface area (TPSA) is 38.0 Å². The molecule has 0 fully saturated rings. The van der Waals surface area contributed by atoms with E-state index in [0.29, 0.717) is 0 Å². The third kappa shape index (κ3) is 9.27. The van der Waals surface area contributed by atoms with Gasteiger partial charge in [-0.3, -0.25) is 0 Å². The standard InChI is InChI=1S/C12H13N.C12H15N.C3H8/c1-10-7-8-12(13-9-10)11-5-3-2-4-6-11;1-3-4-9-12(13)11-8-6-5-7-10(11)2;1-3-2/h2-8,13H,9H2,1H3;3-9,12H,1,13H2,2H3;3H2,1-2H3/b;9-4-;. The molecule has 1 unspecified atom stereocenters. The highest BCUT2D eigenvalue weighted by Gasteiger charge is 2.03. The van der Waals surface area contributed by atoms with E-state index in [1.54, 1.807) is 6.08 Å². The molecule has 0 spiro atoms. The Labute approximate surface area is 177 Å². The van der Waals surface area contributed by atoms with Crippen LogP contribution in [0.25, 0.3) is 5.70 Å². The Balaban J connectivity index is 0.000000256. The maximum absolute atomic E-state index is 5.95. The first kappa shape index (κ1) is 24.2. The Morgan fingerprint density at radius 3 is 2.17 bits per heavy atom. The summed E-state index contributed by atoms with van der Waals surface area (Å²) in [6, 6.07) is 18.5. The van der Waals surface area contributed by atoms with E-state index < -0.39 is 0 Å². The molecule has 2 nitrogen and oxygen atoms in total. The zero-order valence-electron chi connectivity index (χ0n) is 18.4. The molecular weight excluding hydrogens is 352 g/mol. The molecule has 3 rings (SSSR count). The summed E-state index contributed by atoms with van der Waals surface area (Å²) in [6.07, 6.45) is 11.1. The average Bonchev–Trinajstić information content (AvgIpc) is 2.74. The molecule has 29 heavy (non-hydrogen) atoms. The first-order chi connectivity index (χ1) is 14.0. The average molecular weight is 389 g/mol. The number of nitrogens with one attached hydrogen (secondary N) is 1. The lowest BCUT2D eigenvalue weighted by Crippen LogP contribution is -2.17. The molecule has 1 aliphatic rings. The largest absolute Gasteiger partial charge is 0.381 e. The first-order valence-electron chi connectivity index (χ1n) is 10.3. The molecule has 1 heterocycles. The third-order valence-corrected chi connectivity index (χ3v) is 4.18. The van der Waals surface area contributed by atoms with Crippen LogP contribution in [-0.4, -0.2) is 6.54 Å². The summed E-state index contributed by atoms with van der Waals surface area (Å²) in [5.41, 5.74) is 12.2. The lowest BCUT2D eigenvalue weighted by molar-refractivity contribution is 0.900. The molecule has 2 aromatic rings. The number of aryl methyl sites for hydroxylation is 1. The maximum Gasteiger partial charge on any atom is 0.0486 e. The van der Waals surface area contributed by atoms with Crippen molar-refractivity contribution in [2.24, 2.45) is 5.73 Å². The zero-order chi connectivity index (χ0) is 21.5. The Hall–Kier alpha value is -2.84. The fourth-order valence-corrected chi connectivity index (χ4v) is 2.66. The lowest BCUT2D eigenvalue weighted by Gasteiger charge is -2.14. The number of hydrogen-bond donors (Lipinski definition) is 2. The van der Waals surface area contributed by atoms with Crippen LogP contribution in [0.2, 0.25) is 0 Å². The quantitative estimate of drug-likeness (QED) is 0.570. The van der Waals surface area contributed by atoms with Crippen molar-refractivity contribution in [2.75, 3.05) is 6.54 Å². The minimum absolute atomic E-state index is 0.0285. The van der Waals surface area contributed by atoms with Gasteiger partial charge in [0, 0.05) is 18.3 Å². The predicted molar refractivity (Wildman–Crippen MR) is 130 cm³/mol. The summed E-state index contributed by atoms with van der Waals surface area (Å²) in [5, 5.41) is 3.38. The minimum atomic E-state index is -0.0285. The maximum atomic E-state index is 5.95. The molecule has 0 aromatic heterocycles. The second-order valence-electron chi connectivity index (χ2n) is 7.02. The van der Waals surface area contributed by atoms with Crippen molar-refractivity contribution in [3.8, 4) is 0 Å². The summed E-state index contributed by atoms with van der Waals surface area (Å²) in [6.45, 7) is 13.0. The van der Waals surface area contributed by atoms with Crippen molar-refractivity contribution >= 4 is 5.70 Å². The summed E-state index contributed by atoms with van der Waals surface area (Å²) < 4.78 is 0. The van der Waals surface area contributed by atoms with Crippen molar-refractivity contribution in [2.45, 2.75) is 40.2 Å². The van der Waals surface area contributed by atoms with Crippen LogP contribution >= 0.6 is 0 Å². The van der Waals surface area contributed by atoms with Crippen LogP contribution in [0, 0.1) is 6.92 Å². The van der Waals surface area contributed by atoms with Crippen molar-refractivity contribution in [1.29, 1.82) is 0 Å². The highest BCUT2D eigenvalue weighted by Crippen LogP contribution is 2.16. The van der Waals surface area contributed by atoms with Gasteiger partial charge in [0.1, 0.15) is 0 Å². The van der Waals surface area contributed by atoms with E-state index in [-0.39, 0.29) is 6.04 Å². The fraction of sp³-hybridized carbons (Fsp3) is 0.259. The van der Waals surface area contributed by atoms with Gasteiger partial charge >= 0.3 is 0 Å². The number of allylic oxidation sites excluding steroid dienone is 4. The normalized spacial score (nSPS) is 13.6. The molecule has 1 atom stereocenters. The Morgan fingerprint density at radius 2 is 1.62 bits per heavy atom. The molecule has 1 aliphatic heterocycles. The van der Waals surface area contributed by atoms with E-state index in [0.717, 1.165) is 6.54 Å². The van der Waals surface area contributed by atoms with Gasteiger partial charge in [0.25, 0.3) is 0 Å². The van der Waals surface area contributed by atoms with Gasteiger partial charge in [-0.1, -0.05) is 111 Å². The molecule has 3 N–H and O–H groups in total. The van der Waals surface area contributed by atoms with Gasteiger partial charge in [-0.2, -0.15) is 0 Å². The summed E-state index contributed by atoms with van der Waals surface area (Å²) in [7, 11) is 0. The van der Waals surface area contributed by atoms with Gasteiger partial charge in [0.15, 0.2) is 0 Å². The minimum Gasteiger partial charge on any atom is -0.381 e. The molecule has 0 saturated heterocycles. The van der Waals surface area contributed by atoms with Crippen LogP contribution in [0.15, 0.2) is 97.1 Å². The second kappa shape index (κ2) is 14.2. The van der Waals surface area contributed by atoms with E-state index in [4.69, 9.17) is 5.73 Å². The van der Waals surface area contributed by atoms with Crippen LogP contribution in [-0.2, 0) is 0 Å². The van der Waals surface area contributed by atoms with Crippen LogP contribution in [0.1, 0.15) is 49.9 Å². The van der Waals surface area contributed by atoms with Crippen molar-refractivity contribution < 1.29 is 0 Å². The van der Waals surface area contributed by atoms with Crippen molar-refractivity contribution in [3.05, 3.63) is 114 Å². The smallest absolute Gasteiger partial charge is 0.0486 e. The van der Waals surface area contributed by atoms with Crippen LogP contribution in [0.5, 0.6) is 0 Å². The summed E-state index contributed by atoms with van der Waals surface area (Å²) in [5.74, 6) is 0. The predicted octanol–water partition coefficient (Wildman–Crippen LogP) is 6.73. The lowest BCUT2D eigenvalue weighted by atomic mass is 10.0. The highest BCUT2D eigenvalue weighted by atomic mass is 14.9. The van der Waals surface area contributed by atoms with E-state index in [2.05, 4.69) is 82.1 Å². The number of dihydropyridines is 1.